The Morgan fingerprint density at radius 1 is 1.02 bits per heavy atom. The molecule has 0 bridgehead atoms. The average molecular weight is 571 g/mol. The highest BCUT2D eigenvalue weighted by atomic mass is 32.2. The Labute approximate surface area is 238 Å². The van der Waals surface area contributed by atoms with E-state index in [2.05, 4.69) is 24.1 Å². The van der Waals surface area contributed by atoms with Crippen molar-refractivity contribution in [2.75, 3.05) is 56.4 Å². The lowest BCUT2D eigenvalue weighted by molar-refractivity contribution is -0.139. The van der Waals surface area contributed by atoms with Gasteiger partial charge in [-0.15, -0.1) is 0 Å². The number of rotatable bonds is 12. The van der Waals surface area contributed by atoms with Crippen molar-refractivity contribution in [2.24, 2.45) is 0 Å². The molecule has 9 nitrogen and oxygen atoms in total. The number of sulfonamides is 1. The zero-order valence-corrected chi connectivity index (χ0v) is 24.7. The van der Waals surface area contributed by atoms with Crippen LogP contribution in [0.4, 0.5) is 5.69 Å². The highest BCUT2D eigenvalue weighted by Crippen LogP contribution is 2.47. The molecule has 2 amide bonds. The summed E-state index contributed by atoms with van der Waals surface area (Å²) in [4.78, 5) is 30.5. The monoisotopic (exact) mass is 570 g/mol. The van der Waals surface area contributed by atoms with Crippen LogP contribution in [0.3, 0.4) is 0 Å². The fourth-order valence-corrected chi connectivity index (χ4v) is 6.79. The molecule has 2 aliphatic rings. The molecule has 1 fully saturated rings. The van der Waals surface area contributed by atoms with Crippen LogP contribution in [0.5, 0.6) is 0 Å². The lowest BCUT2D eigenvalue weighted by Gasteiger charge is -2.41. The van der Waals surface area contributed by atoms with E-state index in [1.54, 1.807) is 4.90 Å². The van der Waals surface area contributed by atoms with Gasteiger partial charge in [-0.2, -0.15) is 0 Å². The third-order valence-electron chi connectivity index (χ3n) is 8.20. The minimum absolute atomic E-state index is 0.0804. The van der Waals surface area contributed by atoms with E-state index in [0.717, 1.165) is 29.9 Å². The number of para-hydroxylation sites is 1. The van der Waals surface area contributed by atoms with Crippen LogP contribution in [0.25, 0.3) is 0 Å². The predicted octanol–water partition coefficient (Wildman–Crippen LogP) is 2.76. The smallest absolute Gasteiger partial charge is 0.247 e. The van der Waals surface area contributed by atoms with E-state index in [4.69, 9.17) is 4.74 Å². The van der Waals surface area contributed by atoms with Gasteiger partial charge in [0.2, 0.25) is 21.8 Å². The van der Waals surface area contributed by atoms with E-state index in [1.807, 2.05) is 54.6 Å². The summed E-state index contributed by atoms with van der Waals surface area (Å²) in [5.74, 6) is -0.332. The molecular weight excluding hydrogens is 528 g/mol. The molecule has 0 radical (unpaired) electrons. The summed E-state index contributed by atoms with van der Waals surface area (Å²) in [6.07, 6.45) is 2.85. The molecule has 2 aromatic rings. The summed E-state index contributed by atoms with van der Waals surface area (Å²) in [6, 6.07) is 16.6. The normalized spacial score (nSPS) is 17.2. The maximum atomic E-state index is 13.7. The minimum atomic E-state index is -3.41. The number of nitrogens with one attached hydrogen (secondary N) is 1. The van der Waals surface area contributed by atoms with Crippen LogP contribution in [0.2, 0.25) is 0 Å². The van der Waals surface area contributed by atoms with Gasteiger partial charge in [0, 0.05) is 38.0 Å². The number of amides is 2. The number of piperidine rings is 1. The number of likely N-dealkylation sites (tertiary alicyclic amines) is 1. The quantitative estimate of drug-likeness (QED) is 0.422. The van der Waals surface area contributed by atoms with Crippen LogP contribution < -0.4 is 9.62 Å². The molecule has 0 unspecified atom stereocenters. The average Bonchev–Trinajstić information content (AvgIpc) is 3.28. The number of ether oxygens (including phenoxy) is 1. The Morgan fingerprint density at radius 3 is 2.33 bits per heavy atom. The zero-order valence-electron chi connectivity index (χ0n) is 23.8. The Morgan fingerprint density at radius 2 is 1.68 bits per heavy atom. The number of nitrogens with zero attached hydrogens (tertiary/aromatic N) is 3. The minimum Gasteiger partial charge on any atom is -0.374 e. The van der Waals surface area contributed by atoms with E-state index < -0.39 is 16.1 Å². The van der Waals surface area contributed by atoms with E-state index in [1.165, 1.54) is 10.6 Å². The Balaban J connectivity index is 1.43. The van der Waals surface area contributed by atoms with Crippen LogP contribution in [-0.4, -0.2) is 88.2 Å². The Kier molecular flexibility index (Phi) is 9.86. The molecule has 1 spiro atoms. The third-order valence-corrected chi connectivity index (χ3v) is 9.33. The number of anilines is 1. The highest BCUT2D eigenvalue weighted by molar-refractivity contribution is 7.92. The first-order valence-corrected chi connectivity index (χ1v) is 16.0. The number of carbonyl (C=O) groups is 2. The van der Waals surface area contributed by atoms with Gasteiger partial charge >= 0.3 is 0 Å². The molecule has 2 aliphatic heterocycles. The van der Waals surface area contributed by atoms with Crippen molar-refractivity contribution in [1.29, 1.82) is 0 Å². The van der Waals surface area contributed by atoms with E-state index in [9.17, 15) is 18.0 Å². The highest BCUT2D eigenvalue weighted by Gasteiger charge is 2.47. The first kappa shape index (κ1) is 30.0. The second-order valence-corrected chi connectivity index (χ2v) is 12.7. The van der Waals surface area contributed by atoms with Crippen LogP contribution in [0.1, 0.15) is 44.2 Å². The van der Waals surface area contributed by atoms with Crippen LogP contribution >= 0.6 is 0 Å². The first-order valence-electron chi connectivity index (χ1n) is 14.2. The number of benzene rings is 2. The molecule has 40 heavy (non-hydrogen) atoms. The maximum absolute atomic E-state index is 13.7. The lowest BCUT2D eigenvalue weighted by atomic mass is 9.74. The summed E-state index contributed by atoms with van der Waals surface area (Å²) >= 11 is 0. The third kappa shape index (κ3) is 7.03. The molecule has 1 atom stereocenters. The van der Waals surface area contributed by atoms with Crippen LogP contribution in [0, 0.1) is 0 Å². The summed E-state index contributed by atoms with van der Waals surface area (Å²) in [5.41, 5.74) is 2.43. The summed E-state index contributed by atoms with van der Waals surface area (Å²) < 4.78 is 32.5. The molecule has 218 valence electrons. The van der Waals surface area contributed by atoms with Crippen molar-refractivity contribution in [3.8, 4) is 0 Å². The SMILES string of the molecule is CCN(CC)CCC(=O)N[C@H](COCc1ccccc1)C(=O)N1CCC2(CC1)CN(S(C)(=O)=O)c1ccccc12. The van der Waals surface area contributed by atoms with Gasteiger partial charge in [0.05, 0.1) is 25.2 Å². The molecule has 2 heterocycles. The van der Waals surface area contributed by atoms with Crippen molar-refractivity contribution in [3.63, 3.8) is 0 Å². The topological polar surface area (TPSA) is 99.3 Å². The number of fused-ring (bicyclic) bond motifs is 2. The van der Waals surface area contributed by atoms with Crippen molar-refractivity contribution in [1.82, 2.24) is 15.1 Å². The van der Waals surface area contributed by atoms with Gasteiger partial charge in [-0.25, -0.2) is 8.42 Å². The van der Waals surface area contributed by atoms with Crippen molar-refractivity contribution < 1.29 is 22.7 Å². The summed E-state index contributed by atoms with van der Waals surface area (Å²) in [7, 11) is -3.41. The van der Waals surface area contributed by atoms with Gasteiger partial charge in [0.15, 0.2) is 0 Å². The molecule has 0 aliphatic carbocycles. The lowest BCUT2D eigenvalue weighted by Crippen LogP contribution is -2.55. The Bertz CT molecular complexity index is 1260. The van der Waals surface area contributed by atoms with Gasteiger partial charge < -0.3 is 19.9 Å². The van der Waals surface area contributed by atoms with E-state index in [0.29, 0.717) is 52.0 Å². The molecule has 0 aromatic heterocycles. The van der Waals surface area contributed by atoms with Crippen molar-refractivity contribution >= 4 is 27.5 Å². The summed E-state index contributed by atoms with van der Waals surface area (Å²) in [5, 5.41) is 2.94. The van der Waals surface area contributed by atoms with Gasteiger partial charge in [-0.05, 0) is 43.1 Å². The maximum Gasteiger partial charge on any atom is 0.247 e. The Hall–Kier alpha value is -2.95. The molecule has 1 saturated heterocycles. The molecule has 4 rings (SSSR count). The fraction of sp³-hybridized carbons (Fsp3) is 0.533. The van der Waals surface area contributed by atoms with E-state index >= 15 is 0 Å². The predicted molar refractivity (Wildman–Crippen MR) is 157 cm³/mol. The number of hydrogen-bond acceptors (Lipinski definition) is 6. The van der Waals surface area contributed by atoms with Gasteiger partial charge in [-0.1, -0.05) is 62.4 Å². The van der Waals surface area contributed by atoms with Crippen LogP contribution in [-0.2, 0) is 36.4 Å². The van der Waals surface area contributed by atoms with Gasteiger partial charge in [-0.3, -0.25) is 13.9 Å². The van der Waals surface area contributed by atoms with Crippen molar-refractivity contribution in [3.05, 3.63) is 65.7 Å². The summed E-state index contributed by atoms with van der Waals surface area (Å²) in [6.45, 7) is 8.26. The van der Waals surface area contributed by atoms with E-state index in [-0.39, 0.29) is 23.8 Å². The number of hydrogen-bond donors (Lipinski definition) is 1. The molecule has 2 aromatic carbocycles. The largest absolute Gasteiger partial charge is 0.374 e. The van der Waals surface area contributed by atoms with Gasteiger partial charge in [0.1, 0.15) is 6.04 Å². The molecule has 0 saturated carbocycles. The standard InChI is InChI=1S/C30H42N4O5S/c1-4-32(5-2)18-15-28(35)31-26(22-39-21-24-11-7-6-8-12-24)29(36)33-19-16-30(17-20-33)23-34(40(3,37)38)27-14-10-9-13-25(27)30/h6-14,26H,4-5,15-23H2,1-3H3,(H,31,35)/t26-/m1/s1. The molecule has 10 heteroatoms. The molecular formula is C30H42N4O5S. The van der Waals surface area contributed by atoms with Crippen molar-refractivity contribution in [2.45, 2.75) is 51.2 Å². The van der Waals surface area contributed by atoms with Crippen LogP contribution in [0.15, 0.2) is 54.6 Å². The first-order chi connectivity index (χ1) is 19.2. The molecule has 1 N–H and O–H groups in total. The fourth-order valence-electron chi connectivity index (χ4n) is 5.79. The number of carbonyl (C=O) groups excluding carboxylic acids is 2. The zero-order chi connectivity index (χ0) is 28.8. The second kappa shape index (κ2) is 13.1. The second-order valence-electron chi connectivity index (χ2n) is 10.8. The van der Waals surface area contributed by atoms with Gasteiger partial charge in [0.25, 0.3) is 0 Å².